The summed E-state index contributed by atoms with van der Waals surface area (Å²) in [6, 6.07) is 143. The first-order valence-electron chi connectivity index (χ1n) is 42.7. The van der Waals surface area contributed by atoms with E-state index in [9.17, 15) is 0 Å². The Bertz CT molecular complexity index is 6930. The van der Waals surface area contributed by atoms with Gasteiger partial charge in [0.1, 0.15) is 46.0 Å². The van der Waals surface area contributed by atoms with Crippen LogP contribution in [0.4, 0.5) is 68.2 Å². The third-order valence-corrected chi connectivity index (χ3v) is 26.9. The average molecular weight is 1580 g/mol. The van der Waals surface area contributed by atoms with Gasteiger partial charge in [-0.2, -0.15) is 0 Å². The van der Waals surface area contributed by atoms with Gasteiger partial charge in [0.05, 0.1) is 22.7 Å². The summed E-state index contributed by atoms with van der Waals surface area (Å²) in [6.07, 6.45) is 0. The second-order valence-electron chi connectivity index (χ2n) is 33.5. The van der Waals surface area contributed by atoms with Crippen LogP contribution < -0.4 is 146 Å². The third kappa shape index (κ3) is 10.3. The lowest BCUT2D eigenvalue weighted by atomic mass is 9.26. The zero-order valence-electron chi connectivity index (χ0n) is 66.8. The minimum Gasteiger partial charge on any atom is -0.458 e. The number of fused-ring (bicyclic) bond motifs is 26. The first kappa shape index (κ1) is 69.2. The van der Waals surface area contributed by atoms with Crippen LogP contribution in [0.2, 0.25) is 0 Å². The molecule has 124 heavy (non-hydrogen) atoms. The van der Waals surface area contributed by atoms with Crippen molar-refractivity contribution in [3.05, 3.63) is 400 Å². The van der Waals surface area contributed by atoms with Gasteiger partial charge in [-0.3, -0.25) is 0 Å². The molecule has 11 heterocycles. The van der Waals surface area contributed by atoms with Gasteiger partial charge in [0.15, 0.2) is 23.0 Å². The molecule has 0 unspecified atom stereocenters. The molecular formula is C108H66B6N4O6. The first-order valence-corrected chi connectivity index (χ1v) is 42.7. The fourth-order valence-electron chi connectivity index (χ4n) is 21.8. The Hall–Kier alpha value is -15.7. The van der Waals surface area contributed by atoms with Gasteiger partial charge in [-0.25, -0.2) is 0 Å². The summed E-state index contributed by atoms with van der Waals surface area (Å²) in [5.41, 5.74) is 35.9. The number of para-hydroxylation sites is 10. The minimum absolute atomic E-state index is 0.0163. The van der Waals surface area contributed by atoms with Crippen LogP contribution in [0.5, 0.6) is 69.0 Å². The van der Waals surface area contributed by atoms with Gasteiger partial charge >= 0.3 is 0 Å². The van der Waals surface area contributed by atoms with Crippen LogP contribution in [0, 0.1) is 0 Å². The zero-order chi connectivity index (χ0) is 80.9. The summed E-state index contributed by atoms with van der Waals surface area (Å²) < 4.78 is 39.2. The summed E-state index contributed by atoms with van der Waals surface area (Å²) in [5.74, 6) is 10.8. The maximum Gasteiger partial charge on any atom is 0.256 e. The monoisotopic (exact) mass is 1580 g/mol. The zero-order valence-corrected chi connectivity index (χ0v) is 66.8. The average Bonchev–Trinajstić information content (AvgIpc) is 0.663. The maximum atomic E-state index is 6.66. The van der Waals surface area contributed by atoms with Gasteiger partial charge in [0.2, 0.25) is 13.4 Å². The van der Waals surface area contributed by atoms with Crippen molar-refractivity contribution in [2.45, 2.75) is 0 Å². The molecular weight excluding hydrogens is 1510 g/mol. The van der Waals surface area contributed by atoms with Crippen molar-refractivity contribution < 1.29 is 28.4 Å². The lowest BCUT2D eigenvalue weighted by Crippen LogP contribution is -2.72. The molecule has 29 rings (SSSR count). The van der Waals surface area contributed by atoms with Crippen LogP contribution in [0.3, 0.4) is 0 Å². The van der Waals surface area contributed by atoms with Crippen molar-refractivity contribution in [2.24, 2.45) is 0 Å². The molecule has 10 nitrogen and oxygen atoms in total. The van der Waals surface area contributed by atoms with Gasteiger partial charge < -0.3 is 48.0 Å². The molecule has 18 aromatic carbocycles. The fourth-order valence-corrected chi connectivity index (χ4v) is 21.8. The Labute approximate surface area is 719 Å². The molecule has 572 valence electrons. The summed E-state index contributed by atoms with van der Waals surface area (Å²) in [5, 5.41) is 0. The lowest BCUT2D eigenvalue weighted by Gasteiger charge is -2.50. The molecule has 0 aromatic heterocycles. The number of rotatable bonds is 3. The molecule has 0 atom stereocenters. The molecule has 0 amide bonds. The molecule has 0 aliphatic carbocycles. The Morgan fingerprint density at radius 2 is 0.452 bits per heavy atom. The number of ether oxygens (including phenoxy) is 6. The highest BCUT2D eigenvalue weighted by Gasteiger charge is 2.54. The van der Waals surface area contributed by atoms with Crippen molar-refractivity contribution in [3.63, 3.8) is 0 Å². The van der Waals surface area contributed by atoms with Crippen LogP contribution in [0.15, 0.2) is 400 Å². The van der Waals surface area contributed by atoms with E-state index in [0.717, 1.165) is 120 Å². The first-order chi connectivity index (χ1) is 61.5. The summed E-state index contributed by atoms with van der Waals surface area (Å²) in [7, 11) is 0. The lowest BCUT2D eigenvalue weighted by molar-refractivity contribution is 0.477. The second kappa shape index (κ2) is 26.9. The van der Waals surface area contributed by atoms with Crippen molar-refractivity contribution >= 4 is 207 Å². The normalized spacial score (nSPS) is 14.0. The quantitative estimate of drug-likeness (QED) is 0.160. The van der Waals surface area contributed by atoms with Gasteiger partial charge in [0, 0.05) is 45.5 Å². The van der Waals surface area contributed by atoms with E-state index >= 15 is 0 Å². The van der Waals surface area contributed by atoms with Crippen molar-refractivity contribution in [1.29, 1.82) is 0 Å². The van der Waals surface area contributed by atoms with E-state index in [2.05, 4.69) is 384 Å². The van der Waals surface area contributed by atoms with E-state index in [-0.39, 0.29) is 40.3 Å². The van der Waals surface area contributed by atoms with Crippen LogP contribution in [-0.2, 0) is 0 Å². The van der Waals surface area contributed by atoms with E-state index in [1.807, 2.05) is 36.4 Å². The van der Waals surface area contributed by atoms with Gasteiger partial charge in [-0.05, 0) is 217 Å². The number of hydrogen-bond donors (Lipinski definition) is 0. The van der Waals surface area contributed by atoms with Crippen LogP contribution in [0.1, 0.15) is 0 Å². The standard InChI is InChI=1S/C36H20B3NO2.C36H23B2NO2.C36H23BN2O2/c1-2-9-21(10-3-1)37-26-17-19-30-32-35(26)40-34-24(38(32)22-11-4-6-15-28(22)41-30)13-8-14-25(34)39-23-12-5-7-16-29(23)42-31-20-18-27(37)36(40)33(31)39;1-2-11-26(12-3-1)39-27-17-19-35-31(22-27)37(29-13-4-6-15-33(29)40-35)24-9-8-10-25(21-24)38-30-14-5-7-16-34(30)41-36-20-18-28(39)23-32(36)38;1-2-9-24(10-3-1)37-25-17-19-35-31(21-25)38(29-13-4-6-15-33(29)40-35)27-11-8-12-28(23-27)39-30-14-5-7-16-34(30)41-36-20-18-26(37)22-32(36)39/h1-20H;2*1-23H. The Morgan fingerprint density at radius 3 is 0.935 bits per heavy atom. The van der Waals surface area contributed by atoms with E-state index in [1.165, 1.54) is 115 Å². The number of nitrogens with zero attached hydrogens (tertiary/aromatic N) is 4. The second-order valence-corrected chi connectivity index (χ2v) is 33.5. The van der Waals surface area contributed by atoms with Gasteiger partial charge in [-0.15, -0.1) is 0 Å². The van der Waals surface area contributed by atoms with E-state index in [0.29, 0.717) is 0 Å². The van der Waals surface area contributed by atoms with Gasteiger partial charge in [-0.1, -0.05) is 281 Å². The third-order valence-electron chi connectivity index (χ3n) is 26.9. The largest absolute Gasteiger partial charge is 0.458 e. The topological polar surface area (TPSA) is 68.3 Å². The maximum absolute atomic E-state index is 6.66. The molecule has 0 N–H and O–H groups in total. The highest BCUT2D eigenvalue weighted by atomic mass is 16.5. The van der Waals surface area contributed by atoms with Crippen LogP contribution in [-0.4, -0.2) is 40.3 Å². The summed E-state index contributed by atoms with van der Waals surface area (Å²) in [4.78, 5) is 9.57. The Kier molecular flexibility index (Phi) is 15.0. The SMILES string of the molecule is c1ccc(B2c3ccc4c(c3)N(c3cccc(c3)N3c5ccccc5Oc5ccc2cc53)c2ccccc2O4)cc1.c1ccc(B2c3ccc4c5c3N3c6c(cccc6B6c7ccccc7Oc7ccc2c3c76)B5c2ccccc2O4)cc1.c1ccc(N2c3ccc4c(c3)B(c3cccc(c3)B3c5ccccc5Oc5ccc2cc53)c2ccccc2O4)cc1. The highest BCUT2D eigenvalue weighted by molar-refractivity contribution is 7.07. The van der Waals surface area contributed by atoms with E-state index in [4.69, 9.17) is 28.4 Å². The van der Waals surface area contributed by atoms with Crippen molar-refractivity contribution in [3.8, 4) is 69.0 Å². The molecule has 0 saturated carbocycles. The molecule has 16 heteroatoms. The Balaban J connectivity index is 0.0000000972. The molecule has 0 radical (unpaired) electrons. The molecule has 11 aliphatic rings. The fraction of sp³-hybridized carbons (Fsp3) is 0. The molecule has 0 saturated heterocycles. The molecule has 11 aliphatic heterocycles. The van der Waals surface area contributed by atoms with E-state index < -0.39 is 0 Å². The number of anilines is 12. The van der Waals surface area contributed by atoms with Gasteiger partial charge in [0.25, 0.3) is 26.9 Å². The van der Waals surface area contributed by atoms with Crippen LogP contribution in [0.25, 0.3) is 0 Å². The smallest absolute Gasteiger partial charge is 0.256 e. The molecule has 0 spiro atoms. The minimum atomic E-state index is 0.0163. The number of benzene rings is 18. The predicted molar refractivity (Wildman–Crippen MR) is 512 cm³/mol. The van der Waals surface area contributed by atoms with Crippen LogP contribution >= 0.6 is 0 Å². The summed E-state index contributed by atoms with van der Waals surface area (Å²) in [6.45, 7) is 0.403. The van der Waals surface area contributed by atoms with Crippen molar-refractivity contribution in [1.82, 2.24) is 0 Å². The summed E-state index contributed by atoms with van der Waals surface area (Å²) >= 11 is 0. The molecule has 12 bridgehead atoms. The molecule has 0 fully saturated rings. The number of hydrogen-bond acceptors (Lipinski definition) is 10. The van der Waals surface area contributed by atoms with Crippen molar-refractivity contribution in [2.75, 3.05) is 19.6 Å². The Morgan fingerprint density at radius 1 is 0.145 bits per heavy atom. The highest BCUT2D eigenvalue weighted by Crippen LogP contribution is 2.55. The van der Waals surface area contributed by atoms with E-state index in [1.54, 1.807) is 0 Å². The molecule has 18 aromatic rings. The predicted octanol–water partition coefficient (Wildman–Crippen LogP) is 14.2.